The number of ether oxygens (including phenoxy) is 2. The van der Waals surface area contributed by atoms with Gasteiger partial charge in [0.2, 0.25) is 0 Å². The van der Waals surface area contributed by atoms with Gasteiger partial charge in [-0.1, -0.05) is 129 Å². The highest BCUT2D eigenvalue weighted by atomic mass is 31.2. The molecule has 1 unspecified atom stereocenters. The summed E-state index contributed by atoms with van der Waals surface area (Å²) in [6.07, 6.45) is 25.2. The van der Waals surface area contributed by atoms with E-state index < -0.39 is 51.8 Å². The third-order valence-corrected chi connectivity index (χ3v) is 8.77. The summed E-state index contributed by atoms with van der Waals surface area (Å²) in [5.74, 6) is -0.928. The van der Waals surface area contributed by atoms with Crippen molar-refractivity contribution >= 4 is 19.8 Å². The molecule has 0 fully saturated rings. The molecule has 0 aromatic carbocycles. The number of rotatable bonds is 35. The summed E-state index contributed by atoms with van der Waals surface area (Å²) in [7, 11) is -4.60. The Bertz CT molecular complexity index is 778. The monoisotopic (exact) mass is 678 g/mol. The van der Waals surface area contributed by atoms with Crippen LogP contribution in [0, 0.1) is 0 Å². The van der Waals surface area contributed by atoms with Gasteiger partial charge in [-0.2, -0.15) is 0 Å². The van der Waals surface area contributed by atoms with Gasteiger partial charge >= 0.3 is 19.8 Å². The zero-order chi connectivity index (χ0) is 34.1. The van der Waals surface area contributed by atoms with Crippen molar-refractivity contribution < 1.29 is 47.8 Å². The lowest BCUT2D eigenvalue weighted by Gasteiger charge is -2.20. The number of carbonyl (C=O) groups excluding carboxylic acids is 2. The molecule has 3 N–H and O–H groups in total. The second kappa shape index (κ2) is 32.3. The molecule has 0 aromatic rings. The van der Waals surface area contributed by atoms with Gasteiger partial charge in [0.15, 0.2) is 6.10 Å². The molecule has 0 spiro atoms. The number of carbonyl (C=O) groups is 2. The van der Waals surface area contributed by atoms with Gasteiger partial charge in [-0.05, 0) is 25.7 Å². The largest absolute Gasteiger partial charge is 0.472 e. The van der Waals surface area contributed by atoms with E-state index in [1.165, 1.54) is 83.5 Å². The molecule has 0 saturated heterocycles. The molecule has 0 amide bonds. The van der Waals surface area contributed by atoms with Crippen LogP contribution in [0.3, 0.4) is 0 Å². The SMILES string of the molecule is C=CCCCCCCCCCCCCCCCC(=O)O[C@H](COC(=O)CCCCCCCCCC)COP(=O)(O)OC[C@@H](O)CO. The lowest BCUT2D eigenvalue weighted by Crippen LogP contribution is -2.29. The van der Waals surface area contributed by atoms with Crippen molar-refractivity contribution in [3.05, 3.63) is 12.7 Å². The first kappa shape index (κ1) is 44.7. The molecule has 0 aliphatic heterocycles. The van der Waals surface area contributed by atoms with Crippen LogP contribution in [0.25, 0.3) is 0 Å². The van der Waals surface area contributed by atoms with E-state index in [4.69, 9.17) is 19.1 Å². The van der Waals surface area contributed by atoms with Gasteiger partial charge in [-0.25, -0.2) is 4.57 Å². The van der Waals surface area contributed by atoms with Gasteiger partial charge in [-0.3, -0.25) is 18.6 Å². The zero-order valence-corrected chi connectivity index (χ0v) is 29.8. The number of aliphatic hydroxyl groups is 2. The molecule has 0 aromatic heterocycles. The van der Waals surface area contributed by atoms with Gasteiger partial charge in [0.05, 0.1) is 19.8 Å². The van der Waals surface area contributed by atoms with Gasteiger partial charge < -0.3 is 24.6 Å². The summed E-state index contributed by atoms with van der Waals surface area (Å²) in [4.78, 5) is 34.6. The van der Waals surface area contributed by atoms with Crippen molar-refractivity contribution in [1.29, 1.82) is 0 Å². The third kappa shape index (κ3) is 31.3. The maximum Gasteiger partial charge on any atom is 0.472 e. The Morgan fingerprint density at radius 1 is 0.674 bits per heavy atom. The summed E-state index contributed by atoms with van der Waals surface area (Å²) < 4.78 is 32.5. The predicted octanol–water partition coefficient (Wildman–Crippen LogP) is 8.50. The molecule has 272 valence electrons. The first-order valence-electron chi connectivity index (χ1n) is 18.1. The number of phosphoric ester groups is 1. The summed E-state index contributed by atoms with van der Waals surface area (Å²) in [5, 5.41) is 18.2. The molecule has 46 heavy (non-hydrogen) atoms. The van der Waals surface area contributed by atoms with Crippen molar-refractivity contribution in [2.45, 2.75) is 173 Å². The van der Waals surface area contributed by atoms with Crippen LogP contribution in [-0.2, 0) is 32.7 Å². The van der Waals surface area contributed by atoms with Crippen molar-refractivity contribution in [2.24, 2.45) is 0 Å². The maximum atomic E-state index is 12.5. The lowest BCUT2D eigenvalue weighted by atomic mass is 10.0. The third-order valence-electron chi connectivity index (χ3n) is 7.82. The fourth-order valence-electron chi connectivity index (χ4n) is 4.97. The van der Waals surface area contributed by atoms with E-state index >= 15 is 0 Å². The van der Waals surface area contributed by atoms with Crippen LogP contribution in [0.4, 0.5) is 0 Å². The summed E-state index contributed by atoms with van der Waals surface area (Å²) in [6.45, 7) is 3.85. The van der Waals surface area contributed by atoms with E-state index in [1.54, 1.807) is 0 Å². The van der Waals surface area contributed by atoms with Crippen molar-refractivity contribution in [1.82, 2.24) is 0 Å². The number of hydrogen-bond donors (Lipinski definition) is 3. The Labute approximate surface area is 279 Å². The first-order valence-corrected chi connectivity index (χ1v) is 19.6. The quantitative estimate of drug-likeness (QED) is 0.0258. The van der Waals surface area contributed by atoms with E-state index in [2.05, 4.69) is 18.0 Å². The zero-order valence-electron chi connectivity index (χ0n) is 28.9. The molecule has 0 radical (unpaired) electrons. The van der Waals surface area contributed by atoms with Gasteiger partial charge in [-0.15, -0.1) is 6.58 Å². The van der Waals surface area contributed by atoms with Gasteiger partial charge in [0.1, 0.15) is 12.7 Å². The molecule has 3 atom stereocenters. The predicted molar refractivity (Wildman–Crippen MR) is 182 cm³/mol. The van der Waals surface area contributed by atoms with E-state index in [-0.39, 0.29) is 19.4 Å². The molecule has 0 aliphatic carbocycles. The minimum Gasteiger partial charge on any atom is -0.462 e. The number of aliphatic hydroxyl groups excluding tert-OH is 2. The van der Waals surface area contributed by atoms with Crippen LogP contribution in [0.2, 0.25) is 0 Å². The van der Waals surface area contributed by atoms with Gasteiger partial charge in [0, 0.05) is 12.8 Å². The lowest BCUT2D eigenvalue weighted by molar-refractivity contribution is -0.161. The normalized spacial score (nSPS) is 14.0. The molecule has 11 heteroatoms. The highest BCUT2D eigenvalue weighted by molar-refractivity contribution is 7.47. The van der Waals surface area contributed by atoms with E-state index in [0.717, 1.165) is 44.9 Å². The second-order valence-corrected chi connectivity index (χ2v) is 13.8. The van der Waals surface area contributed by atoms with Crippen LogP contribution >= 0.6 is 7.82 Å². The second-order valence-electron chi connectivity index (χ2n) is 12.3. The minimum absolute atomic E-state index is 0.186. The molecular weight excluding hydrogens is 611 g/mol. The number of esters is 2. The van der Waals surface area contributed by atoms with Crippen LogP contribution in [0.1, 0.15) is 161 Å². The summed E-state index contributed by atoms with van der Waals surface area (Å²) in [6, 6.07) is 0. The van der Waals surface area contributed by atoms with Crippen LogP contribution in [0.5, 0.6) is 0 Å². The average Bonchev–Trinajstić information content (AvgIpc) is 3.04. The first-order chi connectivity index (χ1) is 22.2. The Morgan fingerprint density at radius 2 is 1.11 bits per heavy atom. The number of phosphoric acid groups is 1. The van der Waals surface area contributed by atoms with Crippen molar-refractivity contribution in [3.63, 3.8) is 0 Å². The molecule has 0 saturated carbocycles. The van der Waals surface area contributed by atoms with Crippen molar-refractivity contribution in [2.75, 3.05) is 26.4 Å². The molecule has 0 rings (SSSR count). The fourth-order valence-corrected chi connectivity index (χ4v) is 5.76. The Balaban J connectivity index is 4.32. The number of hydrogen-bond acceptors (Lipinski definition) is 9. The van der Waals surface area contributed by atoms with Crippen LogP contribution in [0.15, 0.2) is 12.7 Å². The molecule has 0 aliphatic rings. The summed E-state index contributed by atoms with van der Waals surface area (Å²) in [5.41, 5.74) is 0. The highest BCUT2D eigenvalue weighted by Gasteiger charge is 2.27. The fraction of sp³-hybridized carbons (Fsp3) is 0.886. The number of allylic oxidation sites excluding steroid dienone is 1. The Kier molecular flexibility index (Phi) is 31.4. The standard InChI is InChI=1S/C35H67O10P/c1-3-5-7-9-11-13-14-15-16-17-18-19-21-23-25-27-35(39)45-33(31-44-46(40,41)43-29-32(37)28-36)30-42-34(38)26-24-22-20-12-10-8-6-4-2/h3,32-33,36-37H,1,4-31H2,2H3,(H,40,41)/t32-,33+/m0/s1. The Morgan fingerprint density at radius 3 is 1.59 bits per heavy atom. The van der Waals surface area contributed by atoms with E-state index in [9.17, 15) is 24.2 Å². The highest BCUT2D eigenvalue weighted by Crippen LogP contribution is 2.43. The van der Waals surface area contributed by atoms with E-state index in [1.807, 2.05) is 6.08 Å². The minimum atomic E-state index is -4.60. The van der Waals surface area contributed by atoms with Crippen molar-refractivity contribution in [3.8, 4) is 0 Å². The van der Waals surface area contributed by atoms with E-state index in [0.29, 0.717) is 12.8 Å². The molecule has 10 nitrogen and oxygen atoms in total. The smallest absolute Gasteiger partial charge is 0.462 e. The maximum absolute atomic E-state index is 12.5. The number of unbranched alkanes of at least 4 members (excludes halogenated alkanes) is 20. The van der Waals surface area contributed by atoms with Crippen LogP contribution in [-0.4, -0.2) is 65.7 Å². The van der Waals surface area contributed by atoms with Gasteiger partial charge in [0.25, 0.3) is 0 Å². The Hall–Kier alpha value is -1.29. The molecular formula is C35H67O10P. The van der Waals surface area contributed by atoms with Crippen LogP contribution < -0.4 is 0 Å². The summed E-state index contributed by atoms with van der Waals surface area (Å²) >= 11 is 0. The topological polar surface area (TPSA) is 149 Å². The average molecular weight is 679 g/mol. The molecule has 0 bridgehead atoms. The molecule has 0 heterocycles.